The van der Waals surface area contributed by atoms with Gasteiger partial charge in [-0.3, -0.25) is 0 Å². The third-order valence-corrected chi connectivity index (χ3v) is 4.94. The first-order valence-electron chi connectivity index (χ1n) is 10.1. The van der Waals surface area contributed by atoms with Crippen LogP contribution < -0.4 is 14.8 Å². The summed E-state index contributed by atoms with van der Waals surface area (Å²) in [5.74, 6) is 1.10. The van der Waals surface area contributed by atoms with Crippen LogP contribution in [0.3, 0.4) is 0 Å². The molecule has 4 nitrogen and oxygen atoms in total. The second kappa shape index (κ2) is 11.0. The predicted octanol–water partition coefficient (Wildman–Crippen LogP) is 5.53. The summed E-state index contributed by atoms with van der Waals surface area (Å²) in [4.78, 5) is 0. The van der Waals surface area contributed by atoms with E-state index in [0.29, 0.717) is 41.8 Å². The lowest BCUT2D eigenvalue weighted by Gasteiger charge is -2.19. The van der Waals surface area contributed by atoms with E-state index in [1.54, 1.807) is 12.1 Å². The van der Waals surface area contributed by atoms with Gasteiger partial charge in [0.15, 0.2) is 11.5 Å². The molecule has 0 aliphatic carbocycles. The summed E-state index contributed by atoms with van der Waals surface area (Å²) in [5.41, 5.74) is 2.71. The van der Waals surface area contributed by atoms with Crippen molar-refractivity contribution in [3.05, 3.63) is 94.5 Å². The molecular weight excluding hydrogens is 398 g/mol. The third kappa shape index (κ3) is 6.49. The normalized spacial score (nSPS) is 12.0. The summed E-state index contributed by atoms with van der Waals surface area (Å²) in [6, 6.07) is 23.6. The average Bonchev–Trinajstić information content (AvgIpc) is 2.76. The number of nitrogens with one attached hydrogen (secondary N) is 1. The van der Waals surface area contributed by atoms with E-state index in [1.165, 1.54) is 0 Å². The van der Waals surface area contributed by atoms with E-state index in [9.17, 15) is 5.11 Å². The average molecular weight is 426 g/mol. The quantitative estimate of drug-likeness (QED) is 0.448. The van der Waals surface area contributed by atoms with Crippen molar-refractivity contribution in [2.45, 2.75) is 39.2 Å². The molecule has 0 heterocycles. The highest BCUT2D eigenvalue weighted by molar-refractivity contribution is 6.31. The fraction of sp³-hybridized carbons (Fsp3) is 0.280. The number of ether oxygens (including phenoxy) is 2. The first-order chi connectivity index (χ1) is 14.5. The molecule has 1 unspecified atom stereocenters. The highest BCUT2D eigenvalue weighted by Gasteiger charge is 2.18. The molecule has 3 rings (SSSR count). The molecule has 3 aromatic rings. The Morgan fingerprint density at radius 3 is 1.83 bits per heavy atom. The first kappa shape index (κ1) is 22.2. The Hall–Kier alpha value is -2.53. The standard InChI is InChI=1S/C25H28ClNO3/c1-18(2)27-15-23(28)21-13-24(29-16-19-9-5-3-6-10-19)25(14-22(21)26)30-17-20-11-7-4-8-12-20/h3-14,18,23,27-28H,15-17H2,1-2H3. The van der Waals surface area contributed by atoms with Crippen LogP contribution in [0.25, 0.3) is 0 Å². The van der Waals surface area contributed by atoms with E-state index in [-0.39, 0.29) is 6.04 Å². The second-order valence-corrected chi connectivity index (χ2v) is 7.85. The minimum atomic E-state index is -0.748. The Balaban J connectivity index is 1.82. The minimum Gasteiger partial charge on any atom is -0.485 e. The lowest BCUT2D eigenvalue weighted by molar-refractivity contribution is 0.170. The smallest absolute Gasteiger partial charge is 0.163 e. The number of hydrogen-bond acceptors (Lipinski definition) is 4. The number of hydrogen-bond donors (Lipinski definition) is 2. The van der Waals surface area contributed by atoms with Crippen LogP contribution in [0.4, 0.5) is 0 Å². The van der Waals surface area contributed by atoms with Gasteiger partial charge in [0.2, 0.25) is 0 Å². The van der Waals surface area contributed by atoms with Crippen LogP contribution in [0.2, 0.25) is 5.02 Å². The molecule has 0 aliphatic rings. The van der Waals surface area contributed by atoms with Crippen molar-refractivity contribution < 1.29 is 14.6 Å². The molecule has 0 aromatic heterocycles. The molecule has 0 fully saturated rings. The maximum atomic E-state index is 10.6. The van der Waals surface area contributed by atoms with Crippen LogP contribution in [-0.4, -0.2) is 17.7 Å². The highest BCUT2D eigenvalue weighted by atomic mass is 35.5. The summed E-state index contributed by atoms with van der Waals surface area (Å²) in [5, 5.41) is 14.3. The molecule has 0 bridgehead atoms. The first-order valence-corrected chi connectivity index (χ1v) is 10.5. The molecule has 158 valence electrons. The number of halogens is 1. The number of aliphatic hydroxyl groups excluding tert-OH is 1. The molecule has 0 saturated carbocycles. The maximum absolute atomic E-state index is 10.6. The van der Waals surface area contributed by atoms with Crippen molar-refractivity contribution in [2.75, 3.05) is 6.54 Å². The molecule has 3 aromatic carbocycles. The SMILES string of the molecule is CC(C)NCC(O)c1cc(OCc2ccccc2)c(OCc2ccccc2)cc1Cl. The molecule has 2 N–H and O–H groups in total. The molecular formula is C25H28ClNO3. The van der Waals surface area contributed by atoms with Crippen LogP contribution in [-0.2, 0) is 13.2 Å². The van der Waals surface area contributed by atoms with Gasteiger partial charge in [0.05, 0.1) is 11.1 Å². The van der Waals surface area contributed by atoms with Gasteiger partial charge in [-0.05, 0) is 17.2 Å². The number of benzene rings is 3. The van der Waals surface area contributed by atoms with Crippen molar-refractivity contribution in [3.63, 3.8) is 0 Å². The van der Waals surface area contributed by atoms with Crippen molar-refractivity contribution in [1.29, 1.82) is 0 Å². The van der Waals surface area contributed by atoms with Crippen molar-refractivity contribution in [2.24, 2.45) is 0 Å². The summed E-state index contributed by atoms with van der Waals surface area (Å²) in [7, 11) is 0. The van der Waals surface area contributed by atoms with Gasteiger partial charge < -0.3 is 19.9 Å². The molecule has 30 heavy (non-hydrogen) atoms. The summed E-state index contributed by atoms with van der Waals surface area (Å²) in [6.45, 7) is 5.26. The molecule has 1 atom stereocenters. The van der Waals surface area contributed by atoms with E-state index in [0.717, 1.165) is 11.1 Å². The van der Waals surface area contributed by atoms with Gasteiger partial charge in [-0.2, -0.15) is 0 Å². The Kier molecular flexibility index (Phi) is 8.14. The van der Waals surface area contributed by atoms with Gasteiger partial charge >= 0.3 is 0 Å². The lowest BCUT2D eigenvalue weighted by Crippen LogP contribution is -2.28. The van der Waals surface area contributed by atoms with Crippen LogP contribution >= 0.6 is 11.6 Å². The molecule has 0 radical (unpaired) electrons. The fourth-order valence-electron chi connectivity index (χ4n) is 2.96. The van der Waals surface area contributed by atoms with Gasteiger partial charge in [-0.15, -0.1) is 0 Å². The Bertz CT molecular complexity index is 916. The molecule has 0 amide bonds. The Morgan fingerprint density at radius 2 is 1.33 bits per heavy atom. The summed E-state index contributed by atoms with van der Waals surface area (Å²) < 4.78 is 12.1. The predicted molar refractivity (Wildman–Crippen MR) is 121 cm³/mol. The molecule has 5 heteroatoms. The van der Waals surface area contributed by atoms with Gasteiger partial charge in [0.1, 0.15) is 13.2 Å². The van der Waals surface area contributed by atoms with E-state index in [2.05, 4.69) is 5.32 Å². The molecule has 0 spiro atoms. The fourth-order valence-corrected chi connectivity index (χ4v) is 3.24. The largest absolute Gasteiger partial charge is 0.485 e. The van der Waals surface area contributed by atoms with E-state index >= 15 is 0 Å². The topological polar surface area (TPSA) is 50.7 Å². The Morgan fingerprint density at radius 1 is 0.833 bits per heavy atom. The zero-order chi connectivity index (χ0) is 21.3. The summed E-state index contributed by atoms with van der Waals surface area (Å²) >= 11 is 6.49. The lowest BCUT2D eigenvalue weighted by atomic mass is 10.1. The van der Waals surface area contributed by atoms with Crippen LogP contribution in [0.1, 0.15) is 36.6 Å². The van der Waals surface area contributed by atoms with Crippen LogP contribution in [0.15, 0.2) is 72.8 Å². The van der Waals surface area contributed by atoms with Crippen molar-refractivity contribution in [1.82, 2.24) is 5.32 Å². The van der Waals surface area contributed by atoms with Gasteiger partial charge in [-0.1, -0.05) is 86.1 Å². The maximum Gasteiger partial charge on any atom is 0.163 e. The van der Waals surface area contributed by atoms with E-state index in [1.807, 2.05) is 74.5 Å². The van der Waals surface area contributed by atoms with Crippen molar-refractivity contribution in [3.8, 4) is 11.5 Å². The van der Waals surface area contributed by atoms with E-state index in [4.69, 9.17) is 21.1 Å². The van der Waals surface area contributed by atoms with Gasteiger partial charge in [0.25, 0.3) is 0 Å². The number of aliphatic hydroxyl groups is 1. The van der Waals surface area contributed by atoms with Crippen molar-refractivity contribution >= 4 is 11.6 Å². The third-order valence-electron chi connectivity index (χ3n) is 4.62. The van der Waals surface area contributed by atoms with Crippen LogP contribution in [0, 0.1) is 0 Å². The molecule has 0 aliphatic heterocycles. The Labute approximate surface area is 183 Å². The molecule has 0 saturated heterocycles. The number of rotatable bonds is 10. The zero-order valence-electron chi connectivity index (χ0n) is 17.3. The van der Waals surface area contributed by atoms with Gasteiger partial charge in [0, 0.05) is 24.2 Å². The van der Waals surface area contributed by atoms with E-state index < -0.39 is 6.10 Å². The van der Waals surface area contributed by atoms with Crippen LogP contribution in [0.5, 0.6) is 11.5 Å². The zero-order valence-corrected chi connectivity index (χ0v) is 18.1. The second-order valence-electron chi connectivity index (χ2n) is 7.45. The minimum absolute atomic E-state index is 0.265. The monoisotopic (exact) mass is 425 g/mol. The summed E-state index contributed by atoms with van der Waals surface area (Å²) in [6.07, 6.45) is -0.748. The van der Waals surface area contributed by atoms with Gasteiger partial charge in [-0.25, -0.2) is 0 Å². The highest BCUT2D eigenvalue weighted by Crippen LogP contribution is 2.37.